The van der Waals surface area contributed by atoms with Crippen LogP contribution in [0.15, 0.2) is 91.0 Å². The molecule has 0 saturated heterocycles. The van der Waals surface area contributed by atoms with Crippen LogP contribution in [-0.4, -0.2) is 14.6 Å². The highest BCUT2D eigenvalue weighted by Crippen LogP contribution is 2.45. The minimum Gasteiger partial charge on any atom is -0.400 e. The maximum absolute atomic E-state index is 11.4. The average Bonchev–Trinajstić information content (AvgIpc) is 3.25. The molecule has 0 aromatic heterocycles. The number of benzene rings is 4. The Morgan fingerprint density at radius 1 is 0.848 bits per heavy atom. The first-order valence-electron chi connectivity index (χ1n) is 11.7. The maximum Gasteiger partial charge on any atom is 0.261 e. The van der Waals surface area contributed by atoms with Crippen LogP contribution in [0.4, 0.5) is 0 Å². The highest BCUT2D eigenvalue weighted by molar-refractivity contribution is 6.99. The average molecular weight is 451 g/mol. The molecule has 1 aliphatic carbocycles. The Hall–Kier alpha value is -3.01. The molecule has 1 atom stereocenters. The number of carbonyl (C=O) groups is 1. The topological polar surface area (TPSA) is 26.3 Å². The standard InChI is InChI=1S/C30H30O2Si/c1-30(2,3)33(24-10-6-4-7-11-24,25-12-8-5-9-13-25)32-29-19-18-26-27(29)17-16-23-15-14-22(21-31)20-28(23)26/h4-17,20-21,29H,18-19H2,1-3H3/t29-/m1/s1. The van der Waals surface area contributed by atoms with Crippen molar-refractivity contribution in [3.63, 3.8) is 0 Å². The van der Waals surface area contributed by atoms with Crippen molar-refractivity contribution in [2.24, 2.45) is 0 Å². The second-order valence-corrected chi connectivity index (χ2v) is 14.3. The molecule has 0 spiro atoms. The highest BCUT2D eigenvalue weighted by atomic mass is 28.4. The molecule has 0 N–H and O–H groups in total. The fourth-order valence-electron chi connectivity index (χ4n) is 5.53. The van der Waals surface area contributed by atoms with E-state index in [0.29, 0.717) is 0 Å². The molecular weight excluding hydrogens is 420 g/mol. The number of rotatable bonds is 5. The monoisotopic (exact) mass is 450 g/mol. The molecule has 4 aromatic carbocycles. The lowest BCUT2D eigenvalue weighted by Gasteiger charge is -2.44. The molecule has 0 amide bonds. The van der Waals surface area contributed by atoms with Crippen LogP contribution in [0.2, 0.25) is 5.04 Å². The molecule has 0 unspecified atom stereocenters. The Balaban J connectivity index is 1.67. The number of fused-ring (bicyclic) bond motifs is 3. The number of aryl methyl sites for hydroxylation is 1. The predicted molar refractivity (Wildman–Crippen MR) is 139 cm³/mol. The second-order valence-electron chi connectivity index (χ2n) is 10.0. The second kappa shape index (κ2) is 8.40. The van der Waals surface area contributed by atoms with Crippen LogP contribution in [0.25, 0.3) is 10.8 Å². The van der Waals surface area contributed by atoms with Gasteiger partial charge in [0.05, 0.1) is 6.10 Å². The van der Waals surface area contributed by atoms with Gasteiger partial charge in [-0.15, -0.1) is 0 Å². The van der Waals surface area contributed by atoms with Crippen molar-refractivity contribution < 1.29 is 9.22 Å². The molecule has 0 heterocycles. The first-order chi connectivity index (χ1) is 15.9. The van der Waals surface area contributed by atoms with E-state index >= 15 is 0 Å². The van der Waals surface area contributed by atoms with Gasteiger partial charge >= 0.3 is 0 Å². The van der Waals surface area contributed by atoms with Gasteiger partial charge in [0.2, 0.25) is 0 Å². The van der Waals surface area contributed by atoms with Gasteiger partial charge in [0.15, 0.2) is 0 Å². The van der Waals surface area contributed by atoms with Crippen LogP contribution in [0, 0.1) is 0 Å². The highest BCUT2D eigenvalue weighted by Gasteiger charge is 2.52. The van der Waals surface area contributed by atoms with Gasteiger partial charge in [-0.1, -0.05) is 106 Å². The molecule has 2 nitrogen and oxygen atoms in total. The number of hydrogen-bond donors (Lipinski definition) is 0. The van der Waals surface area contributed by atoms with Gasteiger partial charge in [-0.25, -0.2) is 0 Å². The van der Waals surface area contributed by atoms with Crippen LogP contribution < -0.4 is 10.4 Å². The summed E-state index contributed by atoms with van der Waals surface area (Å²) in [6.07, 6.45) is 2.90. The van der Waals surface area contributed by atoms with Crippen LogP contribution >= 0.6 is 0 Å². The Bertz CT molecular complexity index is 1250. The summed E-state index contributed by atoms with van der Waals surface area (Å²) in [5.41, 5.74) is 3.34. The minimum atomic E-state index is -2.62. The van der Waals surface area contributed by atoms with Crippen molar-refractivity contribution in [3.8, 4) is 0 Å². The number of hydrogen-bond acceptors (Lipinski definition) is 2. The van der Waals surface area contributed by atoms with Gasteiger partial charge < -0.3 is 4.43 Å². The molecule has 0 aliphatic heterocycles. The van der Waals surface area contributed by atoms with Crippen molar-refractivity contribution >= 4 is 35.7 Å². The molecule has 0 radical (unpaired) electrons. The fourth-order valence-corrected chi connectivity index (χ4v) is 10.2. The van der Waals surface area contributed by atoms with Crippen molar-refractivity contribution in [2.75, 3.05) is 0 Å². The Morgan fingerprint density at radius 2 is 1.45 bits per heavy atom. The molecule has 33 heavy (non-hydrogen) atoms. The molecule has 4 aromatic rings. The zero-order chi connectivity index (χ0) is 23.1. The quantitative estimate of drug-likeness (QED) is 0.267. The Labute approximate surface area is 197 Å². The fraction of sp³-hybridized carbons (Fsp3) is 0.233. The van der Waals surface area contributed by atoms with Gasteiger partial charge in [0.25, 0.3) is 8.32 Å². The maximum atomic E-state index is 11.4. The molecular formula is C30H30O2Si. The SMILES string of the molecule is CC(C)(C)[Si](O[C@@H]1CCc2c1ccc1ccc(C=O)cc21)(c1ccccc1)c1ccccc1. The van der Waals surface area contributed by atoms with Crippen LogP contribution in [0.1, 0.15) is 54.8 Å². The van der Waals surface area contributed by atoms with E-state index in [1.54, 1.807) is 0 Å². The summed E-state index contributed by atoms with van der Waals surface area (Å²) in [6.45, 7) is 6.98. The number of carbonyl (C=O) groups excluding carboxylic acids is 1. The van der Waals surface area contributed by atoms with Crippen molar-refractivity contribution in [2.45, 2.75) is 44.8 Å². The van der Waals surface area contributed by atoms with E-state index in [0.717, 1.165) is 24.7 Å². The van der Waals surface area contributed by atoms with E-state index in [4.69, 9.17) is 4.43 Å². The summed E-state index contributed by atoms with van der Waals surface area (Å²) in [6, 6.07) is 32.1. The molecule has 5 rings (SSSR count). The van der Waals surface area contributed by atoms with E-state index in [2.05, 4.69) is 99.6 Å². The van der Waals surface area contributed by atoms with E-state index in [-0.39, 0.29) is 11.1 Å². The third-order valence-corrected chi connectivity index (χ3v) is 12.1. The molecule has 3 heteroatoms. The molecule has 0 saturated carbocycles. The lowest BCUT2D eigenvalue weighted by atomic mass is 9.99. The first-order valence-corrected chi connectivity index (χ1v) is 13.6. The van der Waals surface area contributed by atoms with E-state index in [1.807, 2.05) is 12.1 Å². The smallest absolute Gasteiger partial charge is 0.261 e. The summed E-state index contributed by atoms with van der Waals surface area (Å²) in [4.78, 5) is 11.4. The first kappa shape index (κ1) is 21.8. The summed E-state index contributed by atoms with van der Waals surface area (Å²) in [5.74, 6) is 0. The third kappa shape index (κ3) is 3.66. The van der Waals surface area contributed by atoms with Gasteiger partial charge in [-0.3, -0.25) is 4.79 Å². The van der Waals surface area contributed by atoms with Crippen LogP contribution in [0.5, 0.6) is 0 Å². The van der Waals surface area contributed by atoms with Crippen LogP contribution in [0.3, 0.4) is 0 Å². The van der Waals surface area contributed by atoms with E-state index in [9.17, 15) is 4.79 Å². The zero-order valence-corrected chi connectivity index (χ0v) is 20.5. The molecule has 0 fully saturated rings. The van der Waals surface area contributed by atoms with Gasteiger partial charge in [-0.05, 0) is 56.2 Å². The van der Waals surface area contributed by atoms with Crippen molar-refractivity contribution in [3.05, 3.63) is 108 Å². The molecule has 166 valence electrons. The Morgan fingerprint density at radius 3 is 2.03 bits per heavy atom. The van der Waals surface area contributed by atoms with Crippen LogP contribution in [-0.2, 0) is 10.8 Å². The molecule has 1 aliphatic rings. The third-order valence-electron chi connectivity index (χ3n) is 7.07. The minimum absolute atomic E-state index is 0.0376. The van der Waals surface area contributed by atoms with Gasteiger partial charge in [0, 0.05) is 5.56 Å². The largest absolute Gasteiger partial charge is 0.400 e. The summed E-state index contributed by atoms with van der Waals surface area (Å²) in [7, 11) is -2.62. The van der Waals surface area contributed by atoms with Gasteiger partial charge in [0.1, 0.15) is 6.29 Å². The van der Waals surface area contributed by atoms with E-state index < -0.39 is 8.32 Å². The van der Waals surface area contributed by atoms with Crippen molar-refractivity contribution in [1.29, 1.82) is 0 Å². The van der Waals surface area contributed by atoms with E-state index in [1.165, 1.54) is 32.3 Å². The van der Waals surface area contributed by atoms with Crippen molar-refractivity contribution in [1.82, 2.24) is 0 Å². The normalized spacial score (nSPS) is 16.0. The summed E-state index contributed by atoms with van der Waals surface area (Å²) < 4.78 is 7.44. The Kier molecular flexibility index (Phi) is 5.55. The molecule has 0 bridgehead atoms. The summed E-state index contributed by atoms with van der Waals surface area (Å²) >= 11 is 0. The lowest BCUT2D eigenvalue weighted by Crippen LogP contribution is -2.66. The summed E-state index contributed by atoms with van der Waals surface area (Å²) in [5, 5.41) is 4.93. The van der Waals surface area contributed by atoms with Gasteiger partial charge in [-0.2, -0.15) is 0 Å². The lowest BCUT2D eigenvalue weighted by molar-refractivity contribution is 0.112. The zero-order valence-electron chi connectivity index (χ0n) is 19.5. The number of aldehydes is 1. The predicted octanol–water partition coefficient (Wildman–Crippen LogP) is 6.22.